The van der Waals surface area contributed by atoms with Gasteiger partial charge in [-0.05, 0) is 45.0 Å². The highest BCUT2D eigenvalue weighted by Gasteiger charge is 2.30. The number of hydrogen-bond donors (Lipinski definition) is 1. The molecule has 0 fully saturated rings. The highest BCUT2D eigenvalue weighted by molar-refractivity contribution is 7.09. The van der Waals surface area contributed by atoms with Gasteiger partial charge in [-0.1, -0.05) is 0 Å². The number of halogens is 3. The summed E-state index contributed by atoms with van der Waals surface area (Å²) < 4.78 is 42.8. The lowest BCUT2D eigenvalue weighted by Crippen LogP contribution is -2.39. The monoisotopic (exact) mass is 415 g/mol. The average molecular weight is 415 g/mol. The van der Waals surface area contributed by atoms with Gasteiger partial charge in [0.2, 0.25) is 0 Å². The Kier molecular flexibility index (Phi) is 7.00. The predicted octanol–water partition coefficient (Wildman–Crippen LogP) is 4.78. The Bertz CT molecular complexity index is 819. The molecular weight excluding hydrogens is 395 g/mol. The van der Waals surface area contributed by atoms with Crippen LogP contribution in [-0.2, 0) is 17.5 Å². The minimum absolute atomic E-state index is 0.147. The van der Waals surface area contributed by atoms with Crippen molar-refractivity contribution in [1.82, 2.24) is 9.88 Å². The van der Waals surface area contributed by atoms with Crippen LogP contribution in [0.3, 0.4) is 0 Å². The highest BCUT2D eigenvalue weighted by Crippen LogP contribution is 2.30. The Morgan fingerprint density at radius 2 is 1.89 bits per heavy atom. The molecule has 2 amide bonds. The van der Waals surface area contributed by atoms with Crippen LogP contribution in [0.2, 0.25) is 0 Å². The molecule has 2 rings (SSSR count). The van der Waals surface area contributed by atoms with Crippen molar-refractivity contribution in [1.29, 1.82) is 0 Å². The molecule has 2 aromatic rings. The lowest BCUT2D eigenvalue weighted by atomic mass is 10.2. The van der Waals surface area contributed by atoms with E-state index in [4.69, 9.17) is 4.74 Å². The van der Waals surface area contributed by atoms with Gasteiger partial charge in [-0.3, -0.25) is 0 Å². The second-order valence-corrected chi connectivity index (χ2v) is 7.02. The van der Waals surface area contributed by atoms with Crippen LogP contribution in [0.15, 0.2) is 29.6 Å². The van der Waals surface area contributed by atoms with E-state index in [0.29, 0.717) is 5.01 Å². The highest BCUT2D eigenvalue weighted by atomic mass is 32.1. The first-order chi connectivity index (χ1) is 13.1. The fraction of sp³-hybridized carbons (Fsp3) is 0.389. The summed E-state index contributed by atoms with van der Waals surface area (Å²) in [6.45, 7) is 5.67. The zero-order valence-electron chi connectivity index (χ0n) is 15.5. The second-order valence-electron chi connectivity index (χ2n) is 6.07. The molecule has 6 nitrogen and oxygen atoms in total. The van der Waals surface area contributed by atoms with E-state index in [1.165, 1.54) is 28.4 Å². The topological polar surface area (TPSA) is 71.5 Å². The number of ether oxygens (including phenoxy) is 1. The molecule has 1 heterocycles. The van der Waals surface area contributed by atoms with Crippen LogP contribution in [0, 0.1) is 0 Å². The van der Waals surface area contributed by atoms with Crippen molar-refractivity contribution in [3.63, 3.8) is 0 Å². The minimum Gasteiger partial charge on any atom is -0.461 e. The smallest absolute Gasteiger partial charge is 0.416 e. The molecule has 0 radical (unpaired) electrons. The number of anilines is 1. The Balaban J connectivity index is 2.07. The van der Waals surface area contributed by atoms with Crippen molar-refractivity contribution in [2.24, 2.45) is 0 Å². The first kappa shape index (κ1) is 21.7. The molecule has 152 valence electrons. The lowest BCUT2D eigenvalue weighted by Gasteiger charge is -2.26. The normalized spacial score (nSPS) is 11.4. The molecule has 0 aliphatic heterocycles. The number of alkyl halides is 3. The number of nitrogens with one attached hydrogen (secondary N) is 1. The van der Waals surface area contributed by atoms with E-state index < -0.39 is 23.7 Å². The fourth-order valence-electron chi connectivity index (χ4n) is 2.25. The van der Waals surface area contributed by atoms with Gasteiger partial charge in [-0.15, -0.1) is 11.3 Å². The summed E-state index contributed by atoms with van der Waals surface area (Å²) in [6.07, 6.45) is -4.44. The minimum atomic E-state index is -4.44. The summed E-state index contributed by atoms with van der Waals surface area (Å²) in [5.74, 6) is -0.532. The van der Waals surface area contributed by atoms with Crippen LogP contribution in [0.5, 0.6) is 0 Å². The van der Waals surface area contributed by atoms with Crippen LogP contribution in [0.25, 0.3) is 0 Å². The number of rotatable bonds is 6. The second kappa shape index (κ2) is 9.05. The van der Waals surface area contributed by atoms with Gasteiger partial charge in [0.1, 0.15) is 5.01 Å². The lowest BCUT2D eigenvalue weighted by molar-refractivity contribution is -0.137. The van der Waals surface area contributed by atoms with Gasteiger partial charge in [-0.25, -0.2) is 14.6 Å². The van der Waals surface area contributed by atoms with E-state index in [9.17, 15) is 22.8 Å². The molecule has 10 heteroatoms. The molecule has 0 unspecified atom stereocenters. The number of hydrogen-bond acceptors (Lipinski definition) is 5. The Morgan fingerprint density at radius 3 is 2.43 bits per heavy atom. The van der Waals surface area contributed by atoms with Gasteiger partial charge in [0.15, 0.2) is 5.69 Å². The largest absolute Gasteiger partial charge is 0.461 e. The third-order valence-corrected chi connectivity index (χ3v) is 4.52. The number of benzene rings is 1. The van der Waals surface area contributed by atoms with Crippen LogP contribution < -0.4 is 5.32 Å². The molecule has 28 heavy (non-hydrogen) atoms. The van der Waals surface area contributed by atoms with E-state index in [1.54, 1.807) is 26.2 Å². The number of carbonyl (C=O) groups is 2. The summed E-state index contributed by atoms with van der Waals surface area (Å²) in [4.78, 5) is 29.9. The van der Waals surface area contributed by atoms with Gasteiger partial charge in [-0.2, -0.15) is 13.2 Å². The van der Waals surface area contributed by atoms with Crippen molar-refractivity contribution in [3.05, 3.63) is 45.9 Å². The van der Waals surface area contributed by atoms with Crippen LogP contribution in [-0.4, -0.2) is 34.5 Å². The number of nitrogens with zero attached hydrogens (tertiary/aromatic N) is 2. The maximum Gasteiger partial charge on any atom is 0.416 e. The van der Waals surface area contributed by atoms with Crippen molar-refractivity contribution >= 4 is 29.0 Å². The SMILES string of the molecule is CCOC(=O)c1csc(CN(C(=O)Nc2ccc(C(F)(F)F)cc2)C(C)C)n1. The van der Waals surface area contributed by atoms with Gasteiger partial charge < -0.3 is 15.0 Å². The number of carbonyl (C=O) groups excluding carboxylic acids is 2. The van der Waals surface area contributed by atoms with Crippen LogP contribution in [0.1, 0.15) is 41.8 Å². The van der Waals surface area contributed by atoms with Gasteiger partial charge in [0.05, 0.1) is 18.7 Å². The first-order valence-electron chi connectivity index (χ1n) is 8.48. The molecular formula is C18H20F3N3O3S. The molecule has 1 aromatic carbocycles. The van der Waals surface area contributed by atoms with E-state index >= 15 is 0 Å². The van der Waals surface area contributed by atoms with Crippen LogP contribution >= 0.6 is 11.3 Å². The number of esters is 1. The standard InChI is InChI=1S/C18H20F3N3O3S/c1-4-27-16(25)14-10-28-15(23-14)9-24(11(2)3)17(26)22-13-7-5-12(6-8-13)18(19,20)21/h5-8,10-11H,4,9H2,1-3H3,(H,22,26). The number of urea groups is 1. The first-order valence-corrected chi connectivity index (χ1v) is 9.36. The van der Waals surface area contributed by atoms with Crippen molar-refractivity contribution in [2.75, 3.05) is 11.9 Å². The number of thiazole rings is 1. The number of aromatic nitrogens is 1. The van der Waals surface area contributed by atoms with Crippen molar-refractivity contribution in [2.45, 2.75) is 39.5 Å². The third kappa shape index (κ3) is 5.69. The zero-order chi connectivity index (χ0) is 20.9. The predicted molar refractivity (Wildman–Crippen MR) is 99.2 cm³/mol. The fourth-order valence-corrected chi connectivity index (χ4v) is 3.02. The van der Waals surface area contributed by atoms with Gasteiger partial charge in [0, 0.05) is 17.1 Å². The molecule has 0 aliphatic rings. The Morgan fingerprint density at radius 1 is 1.25 bits per heavy atom. The molecule has 0 bridgehead atoms. The molecule has 1 N–H and O–H groups in total. The van der Waals surface area contributed by atoms with E-state index in [-0.39, 0.29) is 30.6 Å². The molecule has 0 saturated carbocycles. The Hall–Kier alpha value is -2.62. The zero-order valence-corrected chi connectivity index (χ0v) is 16.4. The molecule has 0 spiro atoms. The van der Waals surface area contributed by atoms with Gasteiger partial charge in [0.25, 0.3) is 0 Å². The van der Waals surface area contributed by atoms with Crippen molar-refractivity contribution in [3.8, 4) is 0 Å². The summed E-state index contributed by atoms with van der Waals surface area (Å²) in [7, 11) is 0. The quantitative estimate of drug-likeness (QED) is 0.689. The molecule has 0 aliphatic carbocycles. The summed E-state index contributed by atoms with van der Waals surface area (Å²) in [6, 6.07) is 3.51. The average Bonchev–Trinajstić information content (AvgIpc) is 3.08. The van der Waals surface area contributed by atoms with E-state index in [0.717, 1.165) is 12.1 Å². The molecule has 0 atom stereocenters. The Labute approximate surface area is 164 Å². The molecule has 0 saturated heterocycles. The third-order valence-electron chi connectivity index (χ3n) is 3.69. The maximum absolute atomic E-state index is 12.6. The van der Waals surface area contributed by atoms with Crippen LogP contribution in [0.4, 0.5) is 23.7 Å². The van der Waals surface area contributed by atoms with E-state index in [1.807, 2.05) is 0 Å². The summed E-state index contributed by atoms with van der Waals surface area (Å²) in [5.41, 5.74) is -0.371. The summed E-state index contributed by atoms with van der Waals surface area (Å²) in [5, 5.41) is 4.67. The van der Waals surface area contributed by atoms with E-state index in [2.05, 4.69) is 10.3 Å². The summed E-state index contributed by atoms with van der Waals surface area (Å²) >= 11 is 1.22. The number of amides is 2. The van der Waals surface area contributed by atoms with Gasteiger partial charge >= 0.3 is 18.2 Å². The van der Waals surface area contributed by atoms with Crippen molar-refractivity contribution < 1.29 is 27.5 Å². The maximum atomic E-state index is 12.6. The molecule has 1 aromatic heterocycles.